The number of rotatable bonds is 7. The molecule has 1 saturated carbocycles. The van der Waals surface area contributed by atoms with E-state index in [0.29, 0.717) is 6.54 Å². The Morgan fingerprint density at radius 3 is 2.57 bits per heavy atom. The molecule has 6 nitrogen and oxygen atoms in total. The van der Waals surface area contributed by atoms with E-state index < -0.39 is 6.04 Å². The van der Waals surface area contributed by atoms with Crippen LogP contribution in [0.5, 0.6) is 0 Å². The van der Waals surface area contributed by atoms with Crippen LogP contribution >= 0.6 is 0 Å². The summed E-state index contributed by atoms with van der Waals surface area (Å²) in [6.07, 6.45) is 11.1. The van der Waals surface area contributed by atoms with E-state index >= 15 is 0 Å². The summed E-state index contributed by atoms with van der Waals surface area (Å²) < 4.78 is 0. The Morgan fingerprint density at radius 1 is 0.973 bits per heavy atom. The molecule has 5 rings (SSSR count). The minimum atomic E-state index is -0.474. The smallest absolute Gasteiger partial charge is 0.245 e. The van der Waals surface area contributed by atoms with Crippen molar-refractivity contribution in [2.75, 3.05) is 13.6 Å². The number of hydrogen-bond acceptors (Lipinski definition) is 4. The van der Waals surface area contributed by atoms with Gasteiger partial charge in [0.05, 0.1) is 12.1 Å². The fraction of sp³-hybridized carbons (Fsp3) is 0.452. The lowest BCUT2D eigenvalue weighted by atomic mass is 9.83. The highest BCUT2D eigenvalue weighted by atomic mass is 16.2. The molecule has 6 heteroatoms. The van der Waals surface area contributed by atoms with Crippen LogP contribution in [0.4, 0.5) is 0 Å². The van der Waals surface area contributed by atoms with E-state index in [0.717, 1.165) is 55.2 Å². The van der Waals surface area contributed by atoms with E-state index in [1.54, 1.807) is 7.05 Å². The maximum atomic E-state index is 14.1. The van der Waals surface area contributed by atoms with Crippen molar-refractivity contribution in [3.8, 4) is 11.1 Å². The van der Waals surface area contributed by atoms with E-state index in [9.17, 15) is 9.59 Å². The molecule has 1 saturated heterocycles. The molecule has 1 aliphatic carbocycles. The number of benzene rings is 2. The minimum absolute atomic E-state index is 0.0281. The molecule has 194 valence electrons. The molecule has 2 aromatic carbocycles. The van der Waals surface area contributed by atoms with Gasteiger partial charge in [0.1, 0.15) is 6.04 Å². The number of nitrogens with zero attached hydrogens (tertiary/aromatic N) is 2. The summed E-state index contributed by atoms with van der Waals surface area (Å²) in [5, 5.41) is 8.54. The van der Waals surface area contributed by atoms with Gasteiger partial charge >= 0.3 is 0 Å². The zero-order valence-electron chi connectivity index (χ0n) is 22.0. The quantitative estimate of drug-likeness (QED) is 0.467. The molecule has 0 unspecified atom stereocenters. The van der Waals surface area contributed by atoms with E-state index in [1.807, 2.05) is 24.2 Å². The van der Waals surface area contributed by atoms with Crippen molar-refractivity contribution in [3.63, 3.8) is 0 Å². The highest BCUT2D eigenvalue weighted by molar-refractivity contribution is 5.96. The predicted octanol–water partition coefficient (Wildman–Crippen LogP) is 5.24. The van der Waals surface area contributed by atoms with E-state index in [4.69, 9.17) is 0 Å². The number of carbonyl (C=O) groups is 2. The third-order valence-electron chi connectivity index (χ3n) is 8.29. The van der Waals surface area contributed by atoms with E-state index in [2.05, 4.69) is 64.1 Å². The Hall–Kier alpha value is -3.25. The monoisotopic (exact) mass is 498 g/mol. The van der Waals surface area contributed by atoms with E-state index in [-0.39, 0.29) is 29.8 Å². The number of nitrogens with one attached hydrogen (secondary N) is 2. The van der Waals surface area contributed by atoms with Crippen LogP contribution in [0.15, 0.2) is 60.9 Å². The van der Waals surface area contributed by atoms with Crippen molar-refractivity contribution >= 4 is 22.6 Å². The van der Waals surface area contributed by atoms with Gasteiger partial charge in [0, 0.05) is 24.5 Å². The zero-order valence-corrected chi connectivity index (χ0v) is 22.0. The standard InChI is InChI=1S/C31H38N4O2/c1-21(32-2)30(36)34-29(23-11-4-3-5-12-23)31(37)35-17-9-16-28(35)25-18-24(19-33-20-25)27-15-8-13-22-10-6-7-14-26(22)27/h6-8,10,13-15,18-21,23,28-29,32H,3-5,9,11-12,16-17H2,1-2H3,(H,34,36)/t21-,28-,29-/m0/s1. The van der Waals surface area contributed by atoms with Crippen molar-refractivity contribution < 1.29 is 9.59 Å². The second kappa shape index (κ2) is 11.4. The Kier molecular flexibility index (Phi) is 7.85. The summed E-state index contributed by atoms with van der Waals surface area (Å²) in [6.45, 7) is 2.55. The van der Waals surface area contributed by atoms with Crippen LogP contribution < -0.4 is 10.6 Å². The molecule has 2 N–H and O–H groups in total. The first-order valence-electron chi connectivity index (χ1n) is 13.8. The number of fused-ring (bicyclic) bond motifs is 1. The van der Waals surface area contributed by atoms with Gasteiger partial charge in [0.2, 0.25) is 11.8 Å². The molecule has 3 atom stereocenters. The fourth-order valence-corrected chi connectivity index (χ4v) is 6.08. The number of aromatic nitrogens is 1. The first-order chi connectivity index (χ1) is 18.1. The molecule has 0 bridgehead atoms. The highest BCUT2D eigenvalue weighted by Crippen LogP contribution is 2.37. The van der Waals surface area contributed by atoms with Gasteiger partial charge in [-0.1, -0.05) is 61.7 Å². The summed E-state index contributed by atoms with van der Waals surface area (Å²) in [6, 6.07) is 16.1. The molecular formula is C31H38N4O2. The molecule has 37 heavy (non-hydrogen) atoms. The lowest BCUT2D eigenvalue weighted by Gasteiger charge is -2.35. The molecule has 0 spiro atoms. The number of carbonyl (C=O) groups excluding carboxylic acids is 2. The number of hydrogen-bond donors (Lipinski definition) is 2. The van der Waals surface area contributed by atoms with Gasteiger partial charge in [-0.25, -0.2) is 0 Å². The second-order valence-corrected chi connectivity index (χ2v) is 10.6. The highest BCUT2D eigenvalue weighted by Gasteiger charge is 2.39. The number of amides is 2. The van der Waals surface area contributed by atoms with Gasteiger partial charge in [0.25, 0.3) is 0 Å². The zero-order chi connectivity index (χ0) is 25.8. The molecule has 3 aromatic rings. The van der Waals surface area contributed by atoms with Gasteiger partial charge in [-0.2, -0.15) is 0 Å². The first-order valence-corrected chi connectivity index (χ1v) is 13.8. The van der Waals surface area contributed by atoms with E-state index in [1.165, 1.54) is 17.2 Å². The summed E-state index contributed by atoms with van der Waals surface area (Å²) in [4.78, 5) is 33.5. The van der Waals surface area contributed by atoms with Crippen LogP contribution in [-0.4, -0.2) is 47.4 Å². The molecule has 2 aliphatic rings. The summed E-state index contributed by atoms with van der Waals surface area (Å²) in [7, 11) is 1.77. The van der Waals surface area contributed by atoms with Crippen LogP contribution in [0.2, 0.25) is 0 Å². The summed E-state index contributed by atoms with van der Waals surface area (Å²) in [5.41, 5.74) is 3.28. The van der Waals surface area contributed by atoms with Gasteiger partial charge in [-0.05, 0) is 73.5 Å². The Labute approximate surface area is 219 Å². The van der Waals surface area contributed by atoms with Gasteiger partial charge in [-0.15, -0.1) is 0 Å². The molecule has 2 amide bonds. The van der Waals surface area contributed by atoms with Crippen LogP contribution in [0, 0.1) is 5.92 Å². The third-order valence-corrected chi connectivity index (χ3v) is 8.29. The maximum absolute atomic E-state index is 14.1. The average Bonchev–Trinajstić information content (AvgIpc) is 3.45. The topological polar surface area (TPSA) is 74.3 Å². The van der Waals surface area contributed by atoms with Crippen LogP contribution in [0.25, 0.3) is 21.9 Å². The third kappa shape index (κ3) is 5.40. The molecule has 2 fully saturated rings. The molecule has 1 aromatic heterocycles. The fourth-order valence-electron chi connectivity index (χ4n) is 6.08. The molecule has 1 aliphatic heterocycles. The van der Waals surface area contributed by atoms with Crippen LogP contribution in [-0.2, 0) is 9.59 Å². The number of pyridine rings is 1. The normalized spacial score (nSPS) is 20.1. The van der Waals surface area contributed by atoms with Gasteiger partial charge in [-0.3, -0.25) is 14.6 Å². The second-order valence-electron chi connectivity index (χ2n) is 10.6. The first kappa shape index (κ1) is 25.4. The van der Waals surface area contributed by atoms with Crippen LogP contribution in [0.3, 0.4) is 0 Å². The van der Waals surface area contributed by atoms with Crippen molar-refractivity contribution in [3.05, 3.63) is 66.5 Å². The van der Waals surface area contributed by atoms with Crippen molar-refractivity contribution in [1.82, 2.24) is 20.5 Å². The minimum Gasteiger partial charge on any atom is -0.343 e. The van der Waals surface area contributed by atoms with Gasteiger partial charge in [0.15, 0.2) is 0 Å². The number of likely N-dealkylation sites (N-methyl/N-ethyl adjacent to an activating group) is 1. The van der Waals surface area contributed by atoms with Crippen molar-refractivity contribution in [1.29, 1.82) is 0 Å². The Morgan fingerprint density at radius 2 is 1.76 bits per heavy atom. The van der Waals surface area contributed by atoms with Crippen molar-refractivity contribution in [2.45, 2.75) is 70.0 Å². The van der Waals surface area contributed by atoms with Crippen LogP contribution in [0.1, 0.15) is 63.5 Å². The molecular weight excluding hydrogens is 460 g/mol. The SMILES string of the molecule is CN[C@@H](C)C(=O)N[C@H](C(=O)N1CCC[C@H]1c1cncc(-c2cccc3ccccc23)c1)C1CCCCC1. The van der Waals surface area contributed by atoms with Gasteiger partial charge < -0.3 is 15.5 Å². The number of likely N-dealkylation sites (tertiary alicyclic amines) is 1. The summed E-state index contributed by atoms with van der Waals surface area (Å²) >= 11 is 0. The average molecular weight is 499 g/mol. The summed E-state index contributed by atoms with van der Waals surface area (Å²) in [5.74, 6) is 0.138. The molecule has 0 radical (unpaired) electrons. The Balaban J connectivity index is 1.43. The largest absolute Gasteiger partial charge is 0.343 e. The lowest BCUT2D eigenvalue weighted by Crippen LogP contribution is -2.55. The van der Waals surface area contributed by atoms with Crippen molar-refractivity contribution in [2.24, 2.45) is 5.92 Å². The molecule has 2 heterocycles. The lowest BCUT2D eigenvalue weighted by molar-refractivity contribution is -0.139. The predicted molar refractivity (Wildman–Crippen MR) is 148 cm³/mol. The Bertz CT molecular complexity index is 1250. The maximum Gasteiger partial charge on any atom is 0.245 e.